The van der Waals surface area contributed by atoms with E-state index in [0.717, 1.165) is 25.1 Å². The van der Waals surface area contributed by atoms with Gasteiger partial charge in [-0.3, -0.25) is 4.79 Å². The first-order valence-corrected chi connectivity index (χ1v) is 11.2. The first-order chi connectivity index (χ1) is 13.7. The van der Waals surface area contributed by atoms with Crippen LogP contribution in [-0.2, 0) is 10.0 Å². The number of aryl methyl sites for hydroxylation is 1. The zero-order valence-electron chi connectivity index (χ0n) is 17.3. The molecule has 0 aromatic carbocycles. The van der Waals surface area contributed by atoms with Gasteiger partial charge in [0.1, 0.15) is 11.6 Å². The van der Waals surface area contributed by atoms with Gasteiger partial charge in [-0.25, -0.2) is 14.7 Å². The van der Waals surface area contributed by atoms with Crippen LogP contribution in [-0.4, -0.2) is 37.4 Å². The van der Waals surface area contributed by atoms with Crippen molar-refractivity contribution in [3.8, 4) is 0 Å². The van der Waals surface area contributed by atoms with Gasteiger partial charge in [-0.05, 0) is 50.5 Å². The number of rotatable bonds is 9. The van der Waals surface area contributed by atoms with Gasteiger partial charge in [0.2, 0.25) is 0 Å². The molecule has 8 nitrogen and oxygen atoms in total. The fourth-order valence-electron chi connectivity index (χ4n) is 3.10. The maximum Gasteiger partial charge on any atom is 0.281 e. The highest BCUT2D eigenvalue weighted by Gasteiger charge is 2.25. The number of nitrogen functional groups attached to an aromatic ring is 1. The SMILES string of the molecule is CCC[C@H](C)CN(CC)c1nc(C)ccc1C(=O)NS(=O)(=O)c1cccc(N)n1. The lowest BCUT2D eigenvalue weighted by molar-refractivity contribution is 0.0981. The van der Waals surface area contributed by atoms with Crippen molar-refractivity contribution in [1.82, 2.24) is 14.7 Å². The summed E-state index contributed by atoms with van der Waals surface area (Å²) in [5, 5.41) is -0.309. The number of amides is 1. The molecule has 1 atom stereocenters. The number of sulfonamides is 1. The Bertz CT molecular complexity index is 962. The first kappa shape index (κ1) is 22.6. The van der Waals surface area contributed by atoms with Crippen LogP contribution in [0.15, 0.2) is 35.4 Å². The Morgan fingerprint density at radius 1 is 1.21 bits per heavy atom. The molecule has 2 aromatic heterocycles. The van der Waals surface area contributed by atoms with Crippen LogP contribution in [0.25, 0.3) is 0 Å². The lowest BCUT2D eigenvalue weighted by Gasteiger charge is -2.27. The number of nitrogens with zero attached hydrogens (tertiary/aromatic N) is 3. The second kappa shape index (κ2) is 9.69. The quantitative estimate of drug-likeness (QED) is 0.641. The number of carbonyl (C=O) groups is 1. The van der Waals surface area contributed by atoms with E-state index in [1.807, 2.05) is 18.7 Å². The van der Waals surface area contributed by atoms with Crippen LogP contribution in [0.2, 0.25) is 0 Å². The van der Waals surface area contributed by atoms with Crippen molar-refractivity contribution in [3.05, 3.63) is 41.6 Å². The van der Waals surface area contributed by atoms with Crippen LogP contribution >= 0.6 is 0 Å². The lowest BCUT2D eigenvalue weighted by atomic mass is 10.1. The Labute approximate surface area is 172 Å². The molecule has 29 heavy (non-hydrogen) atoms. The van der Waals surface area contributed by atoms with E-state index >= 15 is 0 Å². The summed E-state index contributed by atoms with van der Waals surface area (Å²) in [6, 6.07) is 7.51. The highest BCUT2D eigenvalue weighted by atomic mass is 32.2. The molecule has 158 valence electrons. The Morgan fingerprint density at radius 2 is 1.93 bits per heavy atom. The molecule has 0 saturated carbocycles. The summed E-state index contributed by atoms with van der Waals surface area (Å²) < 4.78 is 27.2. The fourth-order valence-corrected chi connectivity index (χ4v) is 4.04. The predicted molar refractivity (Wildman–Crippen MR) is 114 cm³/mol. The van der Waals surface area contributed by atoms with Gasteiger partial charge in [0.25, 0.3) is 15.9 Å². The van der Waals surface area contributed by atoms with E-state index in [4.69, 9.17) is 5.73 Å². The minimum atomic E-state index is -4.16. The number of carbonyl (C=O) groups excluding carboxylic acids is 1. The minimum absolute atomic E-state index is 0.0556. The van der Waals surface area contributed by atoms with Gasteiger partial charge in [0, 0.05) is 18.8 Å². The molecule has 0 aliphatic heterocycles. The van der Waals surface area contributed by atoms with Crippen molar-refractivity contribution >= 4 is 27.6 Å². The maximum absolute atomic E-state index is 12.9. The van der Waals surface area contributed by atoms with E-state index in [2.05, 4.69) is 28.5 Å². The molecule has 0 fully saturated rings. The number of hydrogen-bond donors (Lipinski definition) is 2. The van der Waals surface area contributed by atoms with Gasteiger partial charge >= 0.3 is 0 Å². The van der Waals surface area contributed by atoms with E-state index in [9.17, 15) is 13.2 Å². The topological polar surface area (TPSA) is 118 Å². The third-order valence-corrected chi connectivity index (χ3v) is 5.73. The highest BCUT2D eigenvalue weighted by molar-refractivity contribution is 7.90. The summed E-state index contributed by atoms with van der Waals surface area (Å²) in [5.74, 6) is 0.195. The van der Waals surface area contributed by atoms with Gasteiger partial charge in [-0.2, -0.15) is 8.42 Å². The average Bonchev–Trinajstić information content (AvgIpc) is 2.65. The maximum atomic E-state index is 12.9. The molecule has 9 heteroatoms. The molecule has 2 rings (SSSR count). The van der Waals surface area contributed by atoms with Gasteiger partial charge in [-0.15, -0.1) is 0 Å². The summed E-state index contributed by atoms with van der Waals surface area (Å²) in [4.78, 5) is 23.2. The zero-order chi connectivity index (χ0) is 21.6. The second-order valence-electron chi connectivity index (χ2n) is 7.09. The summed E-state index contributed by atoms with van der Waals surface area (Å²) >= 11 is 0. The second-order valence-corrected chi connectivity index (χ2v) is 8.72. The van der Waals surface area contributed by atoms with Gasteiger partial charge in [0.05, 0.1) is 5.56 Å². The number of anilines is 2. The molecule has 2 aromatic rings. The third kappa shape index (κ3) is 5.90. The van der Waals surface area contributed by atoms with Crippen molar-refractivity contribution in [2.24, 2.45) is 5.92 Å². The van der Waals surface area contributed by atoms with Crippen molar-refractivity contribution in [2.45, 2.75) is 45.6 Å². The zero-order valence-corrected chi connectivity index (χ0v) is 18.2. The van der Waals surface area contributed by atoms with Crippen LogP contribution in [0.5, 0.6) is 0 Å². The summed E-state index contributed by atoms with van der Waals surface area (Å²) in [7, 11) is -4.16. The van der Waals surface area contributed by atoms with Crippen molar-refractivity contribution < 1.29 is 13.2 Å². The molecule has 1 amide bonds. The van der Waals surface area contributed by atoms with E-state index in [-0.39, 0.29) is 16.4 Å². The van der Waals surface area contributed by atoms with E-state index in [1.165, 1.54) is 18.2 Å². The third-order valence-electron chi connectivity index (χ3n) is 4.50. The molecular formula is C20H29N5O3S. The summed E-state index contributed by atoms with van der Waals surface area (Å²) in [6.45, 7) is 9.47. The molecule has 0 radical (unpaired) electrons. The smallest absolute Gasteiger partial charge is 0.281 e. The molecule has 0 aliphatic rings. The molecule has 2 heterocycles. The monoisotopic (exact) mass is 419 g/mol. The van der Waals surface area contributed by atoms with E-state index < -0.39 is 15.9 Å². The number of pyridine rings is 2. The van der Waals surface area contributed by atoms with Gasteiger partial charge in [-0.1, -0.05) is 26.3 Å². The largest absolute Gasteiger partial charge is 0.384 e. The van der Waals surface area contributed by atoms with Crippen LogP contribution < -0.4 is 15.4 Å². The van der Waals surface area contributed by atoms with Crippen molar-refractivity contribution in [3.63, 3.8) is 0 Å². The Kier molecular flexibility index (Phi) is 7.55. The first-order valence-electron chi connectivity index (χ1n) is 9.70. The molecular weight excluding hydrogens is 390 g/mol. The van der Waals surface area contributed by atoms with Crippen LogP contribution in [0.1, 0.15) is 49.7 Å². The van der Waals surface area contributed by atoms with Crippen molar-refractivity contribution in [2.75, 3.05) is 23.7 Å². The van der Waals surface area contributed by atoms with Gasteiger partial charge < -0.3 is 10.6 Å². The normalized spacial score (nSPS) is 12.4. The number of nitrogens with two attached hydrogens (primary N) is 1. The van der Waals surface area contributed by atoms with Crippen LogP contribution in [0.3, 0.4) is 0 Å². The Balaban J connectivity index is 2.35. The van der Waals surface area contributed by atoms with E-state index in [1.54, 1.807) is 12.1 Å². The summed E-state index contributed by atoms with van der Waals surface area (Å²) in [6.07, 6.45) is 2.12. The average molecular weight is 420 g/mol. The van der Waals surface area contributed by atoms with Gasteiger partial charge in [0.15, 0.2) is 5.03 Å². The van der Waals surface area contributed by atoms with Crippen LogP contribution in [0, 0.1) is 12.8 Å². The molecule has 0 bridgehead atoms. The number of hydrogen-bond acceptors (Lipinski definition) is 7. The predicted octanol–water partition coefficient (Wildman–Crippen LogP) is 2.75. The standard InChI is InChI=1S/C20H29N5O3S/c1-5-8-14(3)13-25(6-2)19-16(12-11-15(4)22-19)20(26)24-29(27,28)18-10-7-9-17(21)23-18/h7,9-12,14H,5-6,8,13H2,1-4H3,(H2,21,23)(H,24,26)/t14-/m0/s1. The number of aromatic nitrogens is 2. The molecule has 0 saturated heterocycles. The molecule has 0 aliphatic carbocycles. The van der Waals surface area contributed by atoms with Crippen molar-refractivity contribution in [1.29, 1.82) is 0 Å². The van der Waals surface area contributed by atoms with Crippen LogP contribution in [0.4, 0.5) is 11.6 Å². The minimum Gasteiger partial charge on any atom is -0.384 e. The lowest BCUT2D eigenvalue weighted by Crippen LogP contribution is -2.35. The number of nitrogens with one attached hydrogen (secondary N) is 1. The molecule has 0 spiro atoms. The molecule has 3 N–H and O–H groups in total. The fraction of sp³-hybridized carbons (Fsp3) is 0.450. The Morgan fingerprint density at radius 3 is 2.55 bits per heavy atom. The van der Waals surface area contributed by atoms with E-state index in [0.29, 0.717) is 18.3 Å². The highest BCUT2D eigenvalue weighted by Crippen LogP contribution is 2.22. The Hall–Kier alpha value is -2.68. The molecule has 0 unspecified atom stereocenters. The summed E-state index contributed by atoms with van der Waals surface area (Å²) in [5.41, 5.74) is 6.51.